The summed E-state index contributed by atoms with van der Waals surface area (Å²) in [5.74, 6) is -1.66. The third-order valence-corrected chi connectivity index (χ3v) is 9.74. The SMILES string of the molecule is C/C=C\C1OC1(C)c1cc(=O)c2c(C)cc3c(c2o1)C(=O)c1c(ccc([C@H]2C[C@](C)(N(C)C)[C@H](OC(C)=O)[C@@H](C)O2)c1O)C3=O. The summed E-state index contributed by atoms with van der Waals surface area (Å²) < 4.78 is 24.0. The number of ether oxygens (including phenoxy) is 3. The normalized spacial score (nSPS) is 29.3. The van der Waals surface area contributed by atoms with E-state index < -0.39 is 47.0 Å². The van der Waals surface area contributed by atoms with E-state index in [2.05, 4.69) is 0 Å². The van der Waals surface area contributed by atoms with E-state index in [0.717, 1.165) is 0 Å². The summed E-state index contributed by atoms with van der Waals surface area (Å²) in [6.07, 6.45) is 1.88. The number of allylic oxidation sites excluding steroid dienone is 1. The number of epoxide rings is 1. The first-order valence-electron chi connectivity index (χ1n) is 15.0. The fourth-order valence-corrected chi connectivity index (χ4v) is 6.95. The Labute approximate surface area is 260 Å². The van der Waals surface area contributed by atoms with Crippen LogP contribution in [0.5, 0.6) is 5.75 Å². The van der Waals surface area contributed by atoms with Gasteiger partial charge in [0.2, 0.25) is 5.78 Å². The summed E-state index contributed by atoms with van der Waals surface area (Å²) in [6.45, 7) is 10.4. The first-order valence-corrected chi connectivity index (χ1v) is 15.0. The van der Waals surface area contributed by atoms with Crippen molar-refractivity contribution in [2.75, 3.05) is 14.1 Å². The van der Waals surface area contributed by atoms with Crippen molar-refractivity contribution in [3.8, 4) is 5.75 Å². The molecule has 45 heavy (non-hydrogen) atoms. The maximum Gasteiger partial charge on any atom is 0.303 e. The summed E-state index contributed by atoms with van der Waals surface area (Å²) >= 11 is 0. The van der Waals surface area contributed by atoms with Gasteiger partial charge in [-0.15, -0.1) is 0 Å². The van der Waals surface area contributed by atoms with Gasteiger partial charge in [-0.05, 0) is 72.8 Å². The molecule has 236 valence electrons. The summed E-state index contributed by atoms with van der Waals surface area (Å²) in [7, 11) is 3.75. The number of nitrogens with zero attached hydrogens (tertiary/aromatic N) is 1. The molecule has 3 heterocycles. The first-order chi connectivity index (χ1) is 21.1. The molecule has 1 aromatic heterocycles. The summed E-state index contributed by atoms with van der Waals surface area (Å²) in [5, 5.41) is 11.9. The highest BCUT2D eigenvalue weighted by Gasteiger charge is 2.55. The van der Waals surface area contributed by atoms with Gasteiger partial charge in [0.15, 0.2) is 16.8 Å². The molecular formula is C35H37NO9. The topological polar surface area (TPSA) is 136 Å². The van der Waals surface area contributed by atoms with Gasteiger partial charge in [0.05, 0.1) is 34.3 Å². The number of likely N-dealkylation sites (N-methyl/N-ethyl adjacent to an activating group) is 1. The summed E-state index contributed by atoms with van der Waals surface area (Å²) in [6, 6.07) is 6.03. The molecule has 2 aromatic carbocycles. The standard InChI is InChI=1S/C35H37NO9/c1-9-10-24-35(6,45-24)25-14-22(38)26-16(2)13-21-28(32(26)44-25)31(41)27-20(29(21)39)12-11-19(30(27)40)23-15-34(5,36(7)8)33(17(3)42-23)43-18(4)37/h9-14,17,23-24,33,40H,15H2,1-8H3/b10-9-/t17-,23-,24?,33-,34+,35?/m1/s1. The predicted octanol–water partition coefficient (Wildman–Crippen LogP) is 4.87. The molecule has 10 heteroatoms. The van der Waals surface area contributed by atoms with Crippen LogP contribution in [0.2, 0.25) is 0 Å². The van der Waals surface area contributed by atoms with Crippen LogP contribution >= 0.6 is 0 Å². The van der Waals surface area contributed by atoms with Gasteiger partial charge in [0, 0.05) is 29.7 Å². The zero-order chi connectivity index (χ0) is 32.7. The van der Waals surface area contributed by atoms with Crippen LogP contribution in [0.4, 0.5) is 0 Å². The Morgan fingerprint density at radius 2 is 1.80 bits per heavy atom. The third-order valence-electron chi connectivity index (χ3n) is 9.74. The fourth-order valence-electron chi connectivity index (χ4n) is 6.95. The van der Waals surface area contributed by atoms with E-state index in [4.69, 9.17) is 18.6 Å². The molecule has 6 atom stereocenters. The lowest BCUT2D eigenvalue weighted by Crippen LogP contribution is -2.61. The van der Waals surface area contributed by atoms with Gasteiger partial charge in [-0.3, -0.25) is 19.2 Å². The molecule has 0 amide bonds. The zero-order valence-electron chi connectivity index (χ0n) is 26.6. The minimum Gasteiger partial charge on any atom is -0.507 e. The number of carbonyl (C=O) groups is 3. The smallest absolute Gasteiger partial charge is 0.303 e. The van der Waals surface area contributed by atoms with Crippen molar-refractivity contribution in [3.05, 3.63) is 85.8 Å². The van der Waals surface area contributed by atoms with Crippen LogP contribution in [0.3, 0.4) is 0 Å². The van der Waals surface area contributed by atoms with Crippen molar-refractivity contribution in [3.63, 3.8) is 0 Å². The Morgan fingerprint density at radius 3 is 2.44 bits per heavy atom. The Hall–Kier alpha value is -4.12. The number of phenolic OH excluding ortho intramolecular Hbond substituents is 1. The number of fused-ring (bicyclic) bond motifs is 4. The number of aromatic hydroxyl groups is 1. The Morgan fingerprint density at radius 1 is 1.09 bits per heavy atom. The number of rotatable bonds is 5. The molecule has 10 nitrogen and oxygen atoms in total. The van der Waals surface area contributed by atoms with E-state index in [-0.39, 0.29) is 56.3 Å². The van der Waals surface area contributed by atoms with Crippen LogP contribution in [0.15, 0.2) is 45.6 Å². The van der Waals surface area contributed by atoms with Crippen molar-refractivity contribution in [2.45, 2.75) is 83.5 Å². The van der Waals surface area contributed by atoms with E-state index in [1.54, 1.807) is 26.8 Å². The zero-order valence-corrected chi connectivity index (χ0v) is 26.6. The molecule has 0 saturated carbocycles. The number of ketones is 2. The summed E-state index contributed by atoms with van der Waals surface area (Å²) in [4.78, 5) is 55.5. The number of benzene rings is 2. The van der Waals surface area contributed by atoms with Crippen molar-refractivity contribution in [1.82, 2.24) is 4.90 Å². The van der Waals surface area contributed by atoms with Gasteiger partial charge in [-0.1, -0.05) is 18.2 Å². The number of phenols is 1. The van der Waals surface area contributed by atoms with Crippen molar-refractivity contribution in [2.24, 2.45) is 0 Å². The number of aryl methyl sites for hydroxylation is 1. The van der Waals surface area contributed by atoms with Crippen LogP contribution in [0, 0.1) is 6.92 Å². The van der Waals surface area contributed by atoms with E-state index in [1.807, 2.05) is 45.0 Å². The Balaban J connectivity index is 1.48. The predicted molar refractivity (Wildman–Crippen MR) is 165 cm³/mol. The van der Waals surface area contributed by atoms with E-state index >= 15 is 0 Å². The second kappa shape index (κ2) is 10.5. The van der Waals surface area contributed by atoms with E-state index in [9.17, 15) is 24.3 Å². The average Bonchev–Trinajstić information content (AvgIpc) is 3.63. The van der Waals surface area contributed by atoms with Crippen LogP contribution in [0.25, 0.3) is 11.0 Å². The number of esters is 1. The van der Waals surface area contributed by atoms with Crippen molar-refractivity contribution in [1.29, 1.82) is 0 Å². The molecule has 3 aromatic rings. The lowest BCUT2D eigenvalue weighted by molar-refractivity contribution is -0.201. The van der Waals surface area contributed by atoms with Gasteiger partial charge in [-0.2, -0.15) is 0 Å². The second-order valence-corrected chi connectivity index (χ2v) is 12.9. The van der Waals surface area contributed by atoms with Crippen molar-refractivity contribution < 1.29 is 38.1 Å². The average molecular weight is 616 g/mol. The third kappa shape index (κ3) is 4.57. The van der Waals surface area contributed by atoms with Crippen LogP contribution in [0.1, 0.15) is 95.9 Å². The molecule has 2 unspecified atom stereocenters. The van der Waals surface area contributed by atoms with Gasteiger partial charge < -0.3 is 28.6 Å². The molecular weight excluding hydrogens is 578 g/mol. The molecule has 1 N–H and O–H groups in total. The van der Waals surface area contributed by atoms with E-state index in [0.29, 0.717) is 17.5 Å². The minimum absolute atomic E-state index is 0.01000. The molecule has 2 saturated heterocycles. The second-order valence-electron chi connectivity index (χ2n) is 12.9. The van der Waals surface area contributed by atoms with E-state index in [1.165, 1.54) is 25.1 Å². The Bertz CT molecular complexity index is 1890. The van der Waals surface area contributed by atoms with Crippen LogP contribution < -0.4 is 5.43 Å². The van der Waals surface area contributed by atoms with Gasteiger partial charge in [0.25, 0.3) is 0 Å². The minimum atomic E-state index is -0.899. The van der Waals surface area contributed by atoms with Crippen LogP contribution in [-0.4, -0.2) is 65.5 Å². The summed E-state index contributed by atoms with van der Waals surface area (Å²) in [5.41, 5.74) is -1.22. The number of hydrogen-bond acceptors (Lipinski definition) is 10. The molecule has 1 aliphatic carbocycles. The molecule has 6 rings (SSSR count). The first kappa shape index (κ1) is 30.9. The maximum atomic E-state index is 14.3. The lowest BCUT2D eigenvalue weighted by Gasteiger charge is -2.50. The van der Waals surface area contributed by atoms with Gasteiger partial charge in [-0.25, -0.2) is 0 Å². The molecule has 0 radical (unpaired) electrons. The highest BCUT2D eigenvalue weighted by atomic mass is 16.6. The van der Waals surface area contributed by atoms with Crippen LogP contribution in [-0.2, 0) is 24.6 Å². The molecule has 2 aliphatic heterocycles. The van der Waals surface area contributed by atoms with Crippen molar-refractivity contribution >= 4 is 28.5 Å². The van der Waals surface area contributed by atoms with Gasteiger partial charge >= 0.3 is 5.97 Å². The highest BCUT2D eigenvalue weighted by molar-refractivity contribution is 6.32. The maximum absolute atomic E-state index is 14.3. The Kier molecular flexibility index (Phi) is 7.19. The molecule has 0 spiro atoms. The molecule has 3 aliphatic rings. The number of hydrogen-bond donors (Lipinski definition) is 1. The molecule has 0 bridgehead atoms. The highest BCUT2D eigenvalue weighted by Crippen LogP contribution is 2.49. The lowest BCUT2D eigenvalue weighted by atomic mass is 9.77. The molecule has 2 fully saturated rings. The largest absolute Gasteiger partial charge is 0.507 e. The fraction of sp³-hybridized carbons (Fsp3) is 0.429. The number of carbonyl (C=O) groups excluding carboxylic acids is 3. The monoisotopic (exact) mass is 615 g/mol. The van der Waals surface area contributed by atoms with Gasteiger partial charge in [0.1, 0.15) is 29.3 Å². The quantitative estimate of drug-likeness (QED) is 0.188.